The second-order valence-electron chi connectivity index (χ2n) is 22.0. The van der Waals surface area contributed by atoms with Crippen molar-refractivity contribution >= 4 is 52.3 Å². The summed E-state index contributed by atoms with van der Waals surface area (Å²) in [6, 6.07) is 53.7. The normalized spacial score (nSPS) is 12.8. The van der Waals surface area contributed by atoms with Gasteiger partial charge in [0.1, 0.15) is 34.8 Å². The predicted octanol–water partition coefficient (Wildman–Crippen LogP) is 11.5. The Morgan fingerprint density at radius 3 is 1.63 bits per heavy atom. The molecule has 2 amide bonds. The Hall–Kier alpha value is -9.23. The lowest BCUT2D eigenvalue weighted by Gasteiger charge is -2.36. The number of rotatable bonds is 24. The standard InChI is InChI=1S/C65H72N8O10S/c1-63(2,3)81-61(77)67-36-22-38-72(39-23-37-68-62(78)82-64(4,5)6)59(66)73-41-47-34-35-52(40-48(47)42-73)79-43-54(58(76)80-56(45-24-12-7-13-25-45)46-26-14-8-15-27-46)83-71-55(57(74)75)53-44-84-60(69-53)70-65(49-28-16-9-17-29-49,50-30-18-10-19-31-50)51-32-20-11-21-33-51/h7-21,24-35,40,44,54,56,66H,22-23,36-39,41-43H2,1-6H3,(H,67,77)(H,68,78)(H,69,70)(H,74,75)/b66-59?,71-55-/t54-/m0/s1. The highest BCUT2D eigenvalue weighted by Gasteiger charge is 2.38. The van der Waals surface area contributed by atoms with Gasteiger partial charge in [0.2, 0.25) is 5.71 Å². The molecule has 6 aromatic carbocycles. The lowest BCUT2D eigenvalue weighted by molar-refractivity contribution is -0.163. The zero-order chi connectivity index (χ0) is 59.7. The molecular weight excluding hydrogens is 1080 g/mol. The molecule has 1 atom stereocenters. The summed E-state index contributed by atoms with van der Waals surface area (Å²) in [7, 11) is 0. The third-order valence-corrected chi connectivity index (χ3v) is 14.0. The first-order chi connectivity index (χ1) is 40.3. The number of ether oxygens (including phenoxy) is 4. The van der Waals surface area contributed by atoms with Crippen molar-refractivity contribution in [3.8, 4) is 5.75 Å². The van der Waals surface area contributed by atoms with Crippen molar-refractivity contribution in [1.82, 2.24) is 25.4 Å². The fraction of sp³-hybridized carbons (Fsp3) is 0.308. The van der Waals surface area contributed by atoms with E-state index in [0.717, 1.165) is 27.8 Å². The number of nitrogens with zero attached hydrogens (tertiary/aromatic N) is 4. The number of aliphatic carboxylic acids is 1. The molecule has 0 radical (unpaired) electrons. The summed E-state index contributed by atoms with van der Waals surface area (Å²) in [5.74, 6) is -1.69. The van der Waals surface area contributed by atoms with Gasteiger partial charge in [-0.15, -0.1) is 11.3 Å². The molecule has 19 heteroatoms. The maximum absolute atomic E-state index is 14.6. The van der Waals surface area contributed by atoms with Crippen molar-refractivity contribution in [1.29, 1.82) is 5.41 Å². The number of oxime groups is 1. The molecule has 2 heterocycles. The molecule has 0 unspecified atom stereocenters. The number of hydrogen-bond acceptors (Lipinski definition) is 14. The van der Waals surface area contributed by atoms with Crippen LogP contribution in [0.2, 0.25) is 0 Å². The van der Waals surface area contributed by atoms with Crippen molar-refractivity contribution in [2.75, 3.05) is 38.1 Å². The number of carboxylic acids is 1. The van der Waals surface area contributed by atoms with Crippen LogP contribution < -0.4 is 20.7 Å². The Balaban J connectivity index is 1.02. The molecule has 438 valence electrons. The van der Waals surface area contributed by atoms with Crippen LogP contribution in [0.25, 0.3) is 0 Å². The number of carbonyl (C=O) groups excluding carboxylic acids is 3. The van der Waals surface area contributed by atoms with E-state index < -0.39 is 65.4 Å². The van der Waals surface area contributed by atoms with Gasteiger partial charge in [-0.05, 0) is 105 Å². The second-order valence-corrected chi connectivity index (χ2v) is 22.8. The van der Waals surface area contributed by atoms with Crippen molar-refractivity contribution in [3.63, 3.8) is 0 Å². The Bertz CT molecular complexity index is 3170. The van der Waals surface area contributed by atoms with Gasteiger partial charge in [0.05, 0.1) is 0 Å². The summed E-state index contributed by atoms with van der Waals surface area (Å²) in [6.07, 6.45) is -2.48. The molecule has 18 nitrogen and oxygen atoms in total. The average molecular weight is 1160 g/mol. The van der Waals surface area contributed by atoms with Crippen LogP contribution >= 0.6 is 11.3 Å². The van der Waals surface area contributed by atoms with Crippen LogP contribution in [-0.2, 0) is 47.3 Å². The van der Waals surface area contributed by atoms with Gasteiger partial charge in [-0.25, -0.2) is 24.2 Å². The summed E-state index contributed by atoms with van der Waals surface area (Å²) in [5.41, 5.74) is 3.13. The van der Waals surface area contributed by atoms with Crippen molar-refractivity contribution in [3.05, 3.63) is 220 Å². The number of thiazole rings is 1. The van der Waals surface area contributed by atoms with Gasteiger partial charge in [0, 0.05) is 44.6 Å². The van der Waals surface area contributed by atoms with Crippen LogP contribution in [0.5, 0.6) is 5.75 Å². The van der Waals surface area contributed by atoms with Crippen molar-refractivity contribution in [2.24, 2.45) is 5.16 Å². The Labute approximate surface area is 494 Å². The molecular formula is C65H72N8O10S. The van der Waals surface area contributed by atoms with Crippen LogP contribution in [0.3, 0.4) is 0 Å². The number of esters is 1. The fourth-order valence-corrected chi connectivity index (χ4v) is 10.2. The molecule has 8 rings (SSSR count). The number of carbonyl (C=O) groups is 4. The molecule has 1 aliphatic rings. The molecule has 84 heavy (non-hydrogen) atoms. The maximum Gasteiger partial charge on any atom is 0.407 e. The van der Waals surface area contributed by atoms with Crippen LogP contribution in [0.4, 0.5) is 14.7 Å². The summed E-state index contributed by atoms with van der Waals surface area (Å²) < 4.78 is 23.4. The van der Waals surface area contributed by atoms with Crippen molar-refractivity contribution < 1.29 is 48.1 Å². The lowest BCUT2D eigenvalue weighted by atomic mass is 9.77. The Morgan fingerprint density at radius 1 is 0.679 bits per heavy atom. The highest BCUT2D eigenvalue weighted by atomic mass is 32.1. The van der Waals surface area contributed by atoms with Crippen LogP contribution in [-0.4, -0.2) is 106 Å². The number of anilines is 1. The summed E-state index contributed by atoms with van der Waals surface area (Å²) >= 11 is 1.19. The third kappa shape index (κ3) is 16.7. The Kier molecular flexibility index (Phi) is 20.4. The van der Waals surface area contributed by atoms with Gasteiger partial charge in [-0.2, -0.15) is 0 Å². The van der Waals surface area contributed by atoms with E-state index in [2.05, 4.69) is 21.1 Å². The average Bonchev–Trinajstić information content (AvgIpc) is 2.50. The van der Waals surface area contributed by atoms with Gasteiger partial charge >= 0.3 is 24.1 Å². The van der Waals surface area contributed by atoms with Gasteiger partial charge in [0.15, 0.2) is 17.2 Å². The number of guanidine groups is 1. The van der Waals surface area contributed by atoms with Crippen LogP contribution in [0.1, 0.15) is 105 Å². The number of alkyl carbamates (subject to hydrolysis) is 2. The van der Waals surface area contributed by atoms with E-state index in [0.29, 0.717) is 74.1 Å². The van der Waals surface area contributed by atoms with Gasteiger partial charge in [0.25, 0.3) is 6.10 Å². The van der Waals surface area contributed by atoms with Crippen LogP contribution in [0, 0.1) is 5.41 Å². The number of amides is 2. The molecule has 1 aliphatic heterocycles. The van der Waals surface area contributed by atoms with E-state index in [-0.39, 0.29) is 11.7 Å². The topological polar surface area (TPSA) is 226 Å². The SMILES string of the molecule is CC(C)(C)OC(=O)NCCCN(CCCNC(=O)OC(C)(C)C)C(=N)N1Cc2ccc(OC[C@H](O/N=C(\C(=O)O)c3csc(NC(c4ccccc4)(c4ccccc4)c4ccccc4)n3)C(=O)OC(c3ccccc3)c3ccccc3)cc2C1. The van der Waals surface area contributed by atoms with E-state index in [1.807, 2.05) is 174 Å². The smallest absolute Gasteiger partial charge is 0.407 e. The third-order valence-electron chi connectivity index (χ3n) is 13.3. The molecule has 5 N–H and O–H groups in total. The van der Waals surface area contributed by atoms with Gasteiger partial charge < -0.3 is 54.6 Å². The first-order valence-corrected chi connectivity index (χ1v) is 28.7. The molecule has 0 saturated carbocycles. The van der Waals surface area contributed by atoms with E-state index in [1.165, 1.54) is 11.3 Å². The molecule has 1 aromatic heterocycles. The van der Waals surface area contributed by atoms with E-state index >= 15 is 0 Å². The summed E-state index contributed by atoms with van der Waals surface area (Å²) in [6.45, 7) is 12.6. The lowest BCUT2D eigenvalue weighted by Crippen LogP contribution is -2.44. The van der Waals surface area contributed by atoms with Crippen LogP contribution in [0.15, 0.2) is 180 Å². The predicted molar refractivity (Wildman–Crippen MR) is 323 cm³/mol. The molecule has 7 aromatic rings. The zero-order valence-electron chi connectivity index (χ0n) is 48.1. The minimum Gasteiger partial charge on any atom is -0.489 e. The molecule has 0 saturated heterocycles. The summed E-state index contributed by atoms with van der Waals surface area (Å²) in [4.78, 5) is 67.1. The monoisotopic (exact) mass is 1160 g/mol. The maximum atomic E-state index is 14.6. The largest absolute Gasteiger partial charge is 0.489 e. The van der Waals surface area contributed by atoms with E-state index in [4.69, 9.17) is 28.8 Å². The first kappa shape index (κ1) is 60.9. The molecule has 0 bridgehead atoms. The molecule has 0 spiro atoms. The number of fused-ring (bicyclic) bond motifs is 1. The number of benzene rings is 6. The van der Waals surface area contributed by atoms with E-state index in [1.54, 1.807) is 53.0 Å². The fourth-order valence-electron chi connectivity index (χ4n) is 9.47. The second kappa shape index (κ2) is 28.2. The quantitative estimate of drug-likeness (QED) is 0.00722. The minimum absolute atomic E-state index is 0.0141. The number of aromatic nitrogens is 1. The zero-order valence-corrected chi connectivity index (χ0v) is 48.9. The van der Waals surface area contributed by atoms with Gasteiger partial charge in [-0.1, -0.05) is 163 Å². The van der Waals surface area contributed by atoms with E-state index in [9.17, 15) is 29.7 Å². The van der Waals surface area contributed by atoms with Gasteiger partial charge in [-0.3, -0.25) is 5.41 Å². The summed E-state index contributed by atoms with van der Waals surface area (Å²) in [5, 5.41) is 35.5. The van der Waals surface area contributed by atoms with Crippen molar-refractivity contribution in [2.45, 2.75) is 96.4 Å². The number of carboxylic acid groups (broad SMARTS) is 1. The first-order valence-electron chi connectivity index (χ1n) is 27.8. The Morgan fingerprint density at radius 2 is 1.15 bits per heavy atom. The highest BCUT2D eigenvalue weighted by molar-refractivity contribution is 7.14. The minimum atomic E-state index is -1.59. The number of hydrogen-bond donors (Lipinski definition) is 5. The molecule has 0 fully saturated rings. The molecule has 0 aliphatic carbocycles. The highest BCUT2D eigenvalue weighted by Crippen LogP contribution is 2.41. The number of nitrogens with one attached hydrogen (secondary N) is 4.